The highest BCUT2D eigenvalue weighted by atomic mass is 32.2. The molecule has 1 heterocycles. The van der Waals surface area contributed by atoms with E-state index in [0.717, 1.165) is 30.3 Å². The molecule has 1 aromatic carbocycles. The van der Waals surface area contributed by atoms with Gasteiger partial charge in [-0.15, -0.1) is 0 Å². The van der Waals surface area contributed by atoms with Crippen LogP contribution in [0.4, 0.5) is 0 Å². The number of aryl methyl sites for hydroxylation is 2. The number of hydrogen-bond acceptors (Lipinski definition) is 4. The molecule has 0 saturated heterocycles. The lowest BCUT2D eigenvalue weighted by Crippen LogP contribution is -2.10. The molecule has 0 amide bonds. The van der Waals surface area contributed by atoms with Gasteiger partial charge in [0.05, 0.1) is 12.9 Å². The third kappa shape index (κ3) is 4.96. The monoisotopic (exact) mass is 277 g/mol. The third-order valence-corrected chi connectivity index (χ3v) is 3.34. The second kappa shape index (κ2) is 7.21. The van der Waals surface area contributed by atoms with E-state index in [1.165, 1.54) is 5.56 Å². The molecule has 0 aliphatic heterocycles. The zero-order valence-corrected chi connectivity index (χ0v) is 12.1. The molecule has 0 radical (unpaired) electrons. The first kappa shape index (κ1) is 14.0. The number of ether oxygens (including phenoxy) is 1. The summed E-state index contributed by atoms with van der Waals surface area (Å²) in [7, 11) is 1.96. The Morgan fingerprint density at radius 3 is 2.79 bits per heavy atom. The first-order valence-electron chi connectivity index (χ1n) is 6.31. The zero-order chi connectivity index (χ0) is 13.5. The molecule has 0 saturated carbocycles. The molecule has 19 heavy (non-hydrogen) atoms. The fourth-order valence-corrected chi connectivity index (χ4v) is 2.25. The minimum Gasteiger partial charge on any atom is -0.494 e. The van der Waals surface area contributed by atoms with E-state index in [4.69, 9.17) is 4.74 Å². The van der Waals surface area contributed by atoms with Crippen LogP contribution in [0.2, 0.25) is 0 Å². The van der Waals surface area contributed by atoms with Crippen LogP contribution in [0.3, 0.4) is 0 Å². The molecule has 5 heteroatoms. The van der Waals surface area contributed by atoms with Crippen molar-refractivity contribution in [1.82, 2.24) is 14.3 Å². The molecule has 0 aliphatic carbocycles. The maximum Gasteiger partial charge on any atom is 0.129 e. The van der Waals surface area contributed by atoms with E-state index in [9.17, 15) is 0 Å². The van der Waals surface area contributed by atoms with Crippen molar-refractivity contribution in [2.75, 3.05) is 13.2 Å². The topological polar surface area (TPSA) is 39.1 Å². The van der Waals surface area contributed by atoms with Gasteiger partial charge >= 0.3 is 0 Å². The van der Waals surface area contributed by atoms with Crippen molar-refractivity contribution < 1.29 is 4.74 Å². The Balaban J connectivity index is 1.56. The summed E-state index contributed by atoms with van der Waals surface area (Å²) in [4.78, 5) is 4.22. The number of benzene rings is 1. The van der Waals surface area contributed by atoms with Gasteiger partial charge in [0.15, 0.2) is 0 Å². The average Bonchev–Trinajstić information content (AvgIpc) is 2.81. The molecule has 102 valence electrons. The van der Waals surface area contributed by atoms with Crippen LogP contribution in [0.15, 0.2) is 41.8 Å². The van der Waals surface area contributed by atoms with Crippen molar-refractivity contribution in [3.63, 3.8) is 0 Å². The van der Waals surface area contributed by atoms with E-state index in [2.05, 4.69) is 28.8 Å². The predicted molar refractivity (Wildman–Crippen MR) is 78.4 cm³/mol. The highest BCUT2D eigenvalue weighted by molar-refractivity contribution is 7.97. The van der Waals surface area contributed by atoms with Gasteiger partial charge in [0.2, 0.25) is 0 Å². The minimum absolute atomic E-state index is 0.721. The molecule has 0 atom stereocenters. The molecular weight excluding hydrogens is 258 g/mol. The van der Waals surface area contributed by atoms with Crippen LogP contribution in [0, 0.1) is 6.92 Å². The summed E-state index contributed by atoms with van der Waals surface area (Å²) in [5, 5.41) is 0.988. The molecule has 0 unspecified atom stereocenters. The minimum atomic E-state index is 0.721. The molecule has 2 aromatic rings. The Morgan fingerprint density at radius 1 is 1.32 bits per heavy atom. The van der Waals surface area contributed by atoms with Gasteiger partial charge in [-0.25, -0.2) is 4.98 Å². The number of nitrogens with zero attached hydrogens (tertiary/aromatic N) is 2. The lowest BCUT2D eigenvalue weighted by atomic mass is 10.2. The Bertz CT molecular complexity index is 496. The maximum absolute atomic E-state index is 5.65. The number of aromatic nitrogens is 2. The average molecular weight is 277 g/mol. The van der Waals surface area contributed by atoms with Crippen LogP contribution >= 0.6 is 11.9 Å². The highest BCUT2D eigenvalue weighted by Crippen LogP contribution is 2.12. The summed E-state index contributed by atoms with van der Waals surface area (Å²) >= 11 is 1.55. The molecule has 0 fully saturated rings. The summed E-state index contributed by atoms with van der Waals surface area (Å²) in [6.45, 7) is 3.69. The van der Waals surface area contributed by atoms with Crippen LogP contribution in [0.1, 0.15) is 12.0 Å². The van der Waals surface area contributed by atoms with Gasteiger partial charge in [0, 0.05) is 19.8 Å². The molecule has 1 aromatic heterocycles. The van der Waals surface area contributed by atoms with E-state index in [1.807, 2.05) is 29.9 Å². The van der Waals surface area contributed by atoms with Crippen molar-refractivity contribution in [3.8, 4) is 5.75 Å². The van der Waals surface area contributed by atoms with Crippen LogP contribution < -0.4 is 9.46 Å². The molecular formula is C14H19N3OS. The van der Waals surface area contributed by atoms with Crippen LogP contribution in [0.25, 0.3) is 0 Å². The van der Waals surface area contributed by atoms with E-state index in [-0.39, 0.29) is 0 Å². The van der Waals surface area contributed by atoms with Crippen molar-refractivity contribution in [2.45, 2.75) is 18.4 Å². The van der Waals surface area contributed by atoms with Gasteiger partial charge in [-0.2, -0.15) is 0 Å². The molecule has 0 aliphatic rings. The standard InChI is InChI=1S/C14H19N3OS/c1-12-4-6-13(7-5-12)18-9-3-8-16-19-14-10-17(2)11-15-14/h4-7,10-11,16H,3,8-9H2,1-2H3. The Labute approximate surface area is 118 Å². The van der Waals surface area contributed by atoms with E-state index in [0.29, 0.717) is 0 Å². The van der Waals surface area contributed by atoms with Gasteiger partial charge in [0.1, 0.15) is 10.8 Å². The third-order valence-electron chi connectivity index (χ3n) is 2.57. The van der Waals surface area contributed by atoms with Crippen LogP contribution in [-0.2, 0) is 7.05 Å². The van der Waals surface area contributed by atoms with Crippen molar-refractivity contribution >= 4 is 11.9 Å². The molecule has 2 rings (SSSR count). The van der Waals surface area contributed by atoms with Gasteiger partial charge < -0.3 is 9.30 Å². The summed E-state index contributed by atoms with van der Waals surface area (Å²) in [6, 6.07) is 8.13. The second-order valence-corrected chi connectivity index (χ2v) is 5.30. The van der Waals surface area contributed by atoms with Crippen molar-refractivity contribution in [3.05, 3.63) is 42.4 Å². The maximum atomic E-state index is 5.65. The fourth-order valence-electron chi connectivity index (χ4n) is 1.54. The van der Waals surface area contributed by atoms with Crippen LogP contribution in [0.5, 0.6) is 5.75 Å². The van der Waals surface area contributed by atoms with Gasteiger partial charge in [0.25, 0.3) is 0 Å². The first-order chi connectivity index (χ1) is 9.24. The highest BCUT2D eigenvalue weighted by Gasteiger charge is 1.97. The number of nitrogens with one attached hydrogen (secondary N) is 1. The smallest absolute Gasteiger partial charge is 0.129 e. The summed E-state index contributed by atoms with van der Waals surface area (Å²) in [6.07, 6.45) is 4.75. The fraction of sp³-hybridized carbons (Fsp3) is 0.357. The first-order valence-corrected chi connectivity index (χ1v) is 7.13. The molecule has 0 spiro atoms. The normalized spacial score (nSPS) is 10.6. The summed E-state index contributed by atoms with van der Waals surface area (Å²) in [5.74, 6) is 0.933. The van der Waals surface area contributed by atoms with E-state index >= 15 is 0 Å². The number of hydrogen-bond donors (Lipinski definition) is 1. The van der Waals surface area contributed by atoms with Crippen molar-refractivity contribution in [1.29, 1.82) is 0 Å². The molecule has 0 bridgehead atoms. The van der Waals surface area contributed by atoms with E-state index < -0.39 is 0 Å². The number of imidazole rings is 1. The van der Waals surface area contributed by atoms with Gasteiger partial charge in [-0.05, 0) is 37.4 Å². The SMILES string of the molecule is Cc1ccc(OCCCNSc2cn(C)cn2)cc1. The lowest BCUT2D eigenvalue weighted by molar-refractivity contribution is 0.312. The van der Waals surface area contributed by atoms with E-state index in [1.54, 1.807) is 18.3 Å². The second-order valence-electron chi connectivity index (χ2n) is 4.39. The predicted octanol–water partition coefficient (Wildman–Crippen LogP) is 2.79. The summed E-state index contributed by atoms with van der Waals surface area (Å²) < 4.78 is 10.9. The Hall–Kier alpha value is -1.46. The zero-order valence-electron chi connectivity index (χ0n) is 11.3. The van der Waals surface area contributed by atoms with Gasteiger partial charge in [-0.1, -0.05) is 17.7 Å². The van der Waals surface area contributed by atoms with Crippen molar-refractivity contribution in [2.24, 2.45) is 7.05 Å². The molecule has 4 nitrogen and oxygen atoms in total. The quantitative estimate of drug-likeness (QED) is 0.624. The Morgan fingerprint density at radius 2 is 2.11 bits per heavy atom. The molecule has 1 N–H and O–H groups in total. The summed E-state index contributed by atoms with van der Waals surface area (Å²) in [5.41, 5.74) is 1.25. The largest absolute Gasteiger partial charge is 0.494 e. The Kier molecular flexibility index (Phi) is 5.30. The van der Waals surface area contributed by atoms with Gasteiger partial charge in [-0.3, -0.25) is 4.72 Å². The van der Waals surface area contributed by atoms with Crippen LogP contribution in [-0.4, -0.2) is 22.7 Å². The number of rotatable bonds is 7. The lowest BCUT2D eigenvalue weighted by Gasteiger charge is -2.06.